The van der Waals surface area contributed by atoms with Crippen LogP contribution in [0.25, 0.3) is 0 Å². The quantitative estimate of drug-likeness (QED) is 0.598. The van der Waals surface area contributed by atoms with Crippen molar-refractivity contribution in [2.45, 2.75) is 12.8 Å². The molecule has 3 heterocycles. The fourth-order valence-electron chi connectivity index (χ4n) is 3.78. The summed E-state index contributed by atoms with van der Waals surface area (Å²) in [5, 5.41) is 15.0. The Hall–Kier alpha value is -2.78. The number of rotatable bonds is 6. The molecule has 4 rings (SSSR count). The number of hydrogen-bond acceptors (Lipinski definition) is 8. The van der Waals surface area contributed by atoms with Crippen LogP contribution in [0.3, 0.4) is 0 Å². The maximum absolute atomic E-state index is 11.9. The summed E-state index contributed by atoms with van der Waals surface area (Å²) in [6.07, 6.45) is 3.30. The van der Waals surface area contributed by atoms with Crippen LogP contribution in [0.2, 0.25) is 0 Å². The molecule has 2 aliphatic rings. The van der Waals surface area contributed by atoms with Gasteiger partial charge in [-0.1, -0.05) is 18.2 Å². The number of morpholine rings is 1. The van der Waals surface area contributed by atoms with Crippen LogP contribution in [0.4, 0.5) is 23.0 Å². The number of ether oxygens (including phenoxy) is 1. The molecular weight excluding hydrogens is 360 g/mol. The first-order valence-electron chi connectivity index (χ1n) is 9.63. The second-order valence-corrected chi connectivity index (χ2v) is 6.92. The molecule has 0 unspecified atom stereocenters. The van der Waals surface area contributed by atoms with Crippen LogP contribution < -0.4 is 10.2 Å². The number of nitrogens with zero attached hydrogens (tertiary/aromatic N) is 5. The Kier molecular flexibility index (Phi) is 5.63. The predicted octanol–water partition coefficient (Wildman–Crippen LogP) is 2.21. The lowest BCUT2D eigenvalue weighted by Gasteiger charge is -2.30. The van der Waals surface area contributed by atoms with Gasteiger partial charge in [0.15, 0.2) is 0 Å². The molecule has 1 saturated heterocycles. The van der Waals surface area contributed by atoms with E-state index in [0.29, 0.717) is 18.9 Å². The molecule has 1 fully saturated rings. The van der Waals surface area contributed by atoms with Crippen molar-refractivity contribution in [3.05, 3.63) is 46.3 Å². The highest BCUT2D eigenvalue weighted by atomic mass is 16.6. The standard InChI is InChI=1S/C19H24N6O3/c26-25(27)17-18(20-7-9-23-10-12-28-13-11-23)21-14-22-19(17)24-8-3-5-15-4-1-2-6-16(15)24/h1-2,4,6,14H,3,5,7-13H2,(H,20,21,22). The summed E-state index contributed by atoms with van der Waals surface area (Å²) in [4.78, 5) is 24.2. The highest BCUT2D eigenvalue weighted by Crippen LogP contribution is 2.39. The third-order valence-corrected chi connectivity index (χ3v) is 5.18. The average molecular weight is 384 g/mol. The van der Waals surface area contributed by atoms with E-state index in [2.05, 4.69) is 26.3 Å². The van der Waals surface area contributed by atoms with Crippen molar-refractivity contribution in [2.24, 2.45) is 0 Å². The second-order valence-electron chi connectivity index (χ2n) is 6.92. The van der Waals surface area contributed by atoms with Crippen molar-refractivity contribution in [3.8, 4) is 0 Å². The van der Waals surface area contributed by atoms with Gasteiger partial charge in [0.05, 0.1) is 18.1 Å². The lowest BCUT2D eigenvalue weighted by molar-refractivity contribution is -0.383. The number of nitro groups is 1. The highest BCUT2D eigenvalue weighted by molar-refractivity contribution is 5.77. The highest BCUT2D eigenvalue weighted by Gasteiger charge is 2.30. The Bertz CT molecular complexity index is 840. The minimum absolute atomic E-state index is 0.0684. The third kappa shape index (κ3) is 3.90. The second kappa shape index (κ2) is 8.49. The summed E-state index contributed by atoms with van der Waals surface area (Å²) in [5.41, 5.74) is 2.10. The summed E-state index contributed by atoms with van der Waals surface area (Å²) < 4.78 is 5.35. The summed E-state index contributed by atoms with van der Waals surface area (Å²) in [6.45, 7) is 5.27. The van der Waals surface area contributed by atoms with Crippen molar-refractivity contribution in [3.63, 3.8) is 0 Å². The van der Waals surface area contributed by atoms with Crippen LogP contribution in [-0.2, 0) is 11.2 Å². The van der Waals surface area contributed by atoms with Gasteiger partial charge < -0.3 is 15.0 Å². The van der Waals surface area contributed by atoms with E-state index >= 15 is 0 Å². The number of aromatic nitrogens is 2. The van der Waals surface area contributed by atoms with Gasteiger partial charge in [-0.05, 0) is 24.5 Å². The fraction of sp³-hybridized carbons (Fsp3) is 0.474. The molecule has 1 aromatic heterocycles. The average Bonchev–Trinajstić information content (AvgIpc) is 2.74. The zero-order valence-electron chi connectivity index (χ0n) is 15.7. The molecule has 148 valence electrons. The van der Waals surface area contributed by atoms with Crippen molar-refractivity contribution in [2.75, 3.05) is 56.2 Å². The Morgan fingerprint density at radius 2 is 2.00 bits per heavy atom. The van der Waals surface area contributed by atoms with Gasteiger partial charge in [-0.25, -0.2) is 9.97 Å². The van der Waals surface area contributed by atoms with Gasteiger partial charge in [0, 0.05) is 38.4 Å². The van der Waals surface area contributed by atoms with Crippen LogP contribution in [-0.4, -0.2) is 65.7 Å². The Balaban J connectivity index is 1.57. The summed E-state index contributed by atoms with van der Waals surface area (Å²) >= 11 is 0. The number of fused-ring (bicyclic) bond motifs is 1. The Labute approximate surface area is 163 Å². The maximum Gasteiger partial charge on any atom is 0.353 e. The summed E-state index contributed by atoms with van der Waals surface area (Å²) in [7, 11) is 0. The third-order valence-electron chi connectivity index (χ3n) is 5.18. The molecule has 1 aromatic carbocycles. The molecule has 28 heavy (non-hydrogen) atoms. The minimum Gasteiger partial charge on any atom is -0.379 e. The van der Waals surface area contributed by atoms with E-state index in [1.54, 1.807) is 0 Å². The monoisotopic (exact) mass is 384 g/mol. The molecule has 9 nitrogen and oxygen atoms in total. The number of anilines is 3. The smallest absolute Gasteiger partial charge is 0.353 e. The molecule has 0 aliphatic carbocycles. The fourth-order valence-corrected chi connectivity index (χ4v) is 3.78. The normalized spacial score (nSPS) is 17.2. The molecule has 2 aliphatic heterocycles. The molecular formula is C19H24N6O3. The zero-order valence-corrected chi connectivity index (χ0v) is 15.7. The van der Waals surface area contributed by atoms with Gasteiger partial charge >= 0.3 is 5.69 Å². The van der Waals surface area contributed by atoms with E-state index in [1.807, 2.05) is 23.1 Å². The van der Waals surface area contributed by atoms with E-state index in [4.69, 9.17) is 4.74 Å². The molecule has 0 bridgehead atoms. The van der Waals surface area contributed by atoms with Crippen LogP contribution in [0.15, 0.2) is 30.6 Å². The van der Waals surface area contributed by atoms with Crippen LogP contribution in [0, 0.1) is 10.1 Å². The van der Waals surface area contributed by atoms with Gasteiger partial charge in [-0.15, -0.1) is 0 Å². The largest absolute Gasteiger partial charge is 0.379 e. The molecule has 0 spiro atoms. The number of benzene rings is 1. The van der Waals surface area contributed by atoms with Gasteiger partial charge in [0.2, 0.25) is 11.6 Å². The summed E-state index contributed by atoms with van der Waals surface area (Å²) in [5.74, 6) is 0.618. The molecule has 2 aromatic rings. The van der Waals surface area contributed by atoms with Crippen molar-refractivity contribution in [1.29, 1.82) is 0 Å². The van der Waals surface area contributed by atoms with Gasteiger partial charge in [-0.3, -0.25) is 15.0 Å². The van der Waals surface area contributed by atoms with E-state index in [1.165, 1.54) is 11.9 Å². The Morgan fingerprint density at radius 1 is 1.18 bits per heavy atom. The van der Waals surface area contributed by atoms with Crippen LogP contribution in [0.1, 0.15) is 12.0 Å². The van der Waals surface area contributed by atoms with Gasteiger partial charge in [0.1, 0.15) is 6.33 Å². The molecule has 0 atom stereocenters. The zero-order chi connectivity index (χ0) is 19.3. The minimum atomic E-state index is -0.385. The van der Waals surface area contributed by atoms with Crippen molar-refractivity contribution >= 4 is 23.0 Å². The molecule has 1 N–H and O–H groups in total. The Morgan fingerprint density at radius 3 is 2.82 bits per heavy atom. The van der Waals surface area contributed by atoms with Gasteiger partial charge in [0.25, 0.3) is 0 Å². The summed E-state index contributed by atoms with van der Waals surface area (Å²) in [6, 6.07) is 8.00. The number of aryl methyl sites for hydroxylation is 1. The molecule has 0 saturated carbocycles. The molecule has 9 heteroatoms. The first kappa shape index (κ1) is 18.6. The number of para-hydroxylation sites is 1. The number of nitrogens with one attached hydrogen (secondary N) is 1. The van der Waals surface area contributed by atoms with Crippen LogP contribution in [0.5, 0.6) is 0 Å². The first-order valence-corrected chi connectivity index (χ1v) is 9.63. The SMILES string of the molecule is O=[N+]([O-])c1c(NCCN2CCOCC2)ncnc1N1CCCc2ccccc21. The van der Waals surface area contributed by atoms with Crippen molar-refractivity contribution < 1.29 is 9.66 Å². The van der Waals surface area contributed by atoms with E-state index in [0.717, 1.165) is 51.4 Å². The molecule has 0 radical (unpaired) electrons. The predicted molar refractivity (Wildman–Crippen MR) is 106 cm³/mol. The lowest BCUT2D eigenvalue weighted by atomic mass is 10.0. The first-order chi connectivity index (χ1) is 13.7. The molecule has 0 amide bonds. The van der Waals surface area contributed by atoms with Crippen molar-refractivity contribution in [1.82, 2.24) is 14.9 Å². The van der Waals surface area contributed by atoms with E-state index in [9.17, 15) is 10.1 Å². The number of hydrogen-bond donors (Lipinski definition) is 1. The van der Waals surface area contributed by atoms with Gasteiger partial charge in [-0.2, -0.15) is 0 Å². The topological polar surface area (TPSA) is 96.7 Å². The lowest BCUT2D eigenvalue weighted by Crippen LogP contribution is -2.39. The van der Waals surface area contributed by atoms with E-state index < -0.39 is 0 Å². The van der Waals surface area contributed by atoms with E-state index in [-0.39, 0.29) is 16.4 Å². The maximum atomic E-state index is 11.9. The van der Waals surface area contributed by atoms with Crippen LogP contribution >= 0.6 is 0 Å².